The van der Waals surface area contributed by atoms with Crippen molar-refractivity contribution < 1.29 is 0 Å². The minimum atomic E-state index is 0.583. The zero-order valence-electron chi connectivity index (χ0n) is 17.5. The van der Waals surface area contributed by atoms with Crippen molar-refractivity contribution in [2.75, 3.05) is 11.9 Å². The quantitative estimate of drug-likeness (QED) is 0.417. The van der Waals surface area contributed by atoms with E-state index in [4.69, 9.17) is 9.97 Å². The number of fused-ring (bicyclic) bond motifs is 2. The fourth-order valence-corrected chi connectivity index (χ4v) is 3.82. The van der Waals surface area contributed by atoms with Crippen LogP contribution >= 0.6 is 0 Å². The van der Waals surface area contributed by atoms with Crippen molar-refractivity contribution >= 4 is 33.3 Å². The third kappa shape index (κ3) is 3.17. The molecule has 0 aliphatic rings. The molecule has 0 aliphatic heterocycles. The molecule has 5 aromatic rings. The summed E-state index contributed by atoms with van der Waals surface area (Å²) in [6.45, 7) is 2.07. The maximum absolute atomic E-state index is 9.27. The van der Waals surface area contributed by atoms with Gasteiger partial charge in [-0.3, -0.25) is 4.68 Å². The van der Waals surface area contributed by atoms with Crippen LogP contribution in [0.25, 0.3) is 33.2 Å². The molecule has 3 aromatic carbocycles. The lowest BCUT2D eigenvalue weighted by Crippen LogP contribution is -2.13. The highest BCUT2D eigenvalue weighted by Crippen LogP contribution is 2.33. The molecule has 0 radical (unpaired) electrons. The molecule has 0 atom stereocenters. The maximum atomic E-state index is 9.27. The highest BCUT2D eigenvalue weighted by molar-refractivity contribution is 5.94. The molecule has 2 aromatic heterocycles. The van der Waals surface area contributed by atoms with Crippen LogP contribution in [0.3, 0.4) is 0 Å². The molecule has 0 spiro atoms. The van der Waals surface area contributed by atoms with Crippen molar-refractivity contribution in [1.29, 1.82) is 5.26 Å². The molecule has 0 unspecified atom stereocenters. The standard InChI is InChI=1S/C25H20N6/c1-16-20-12-11-19(14-23(20)29-31(16)3)30(2)25-21-9-4-5-10-22(21)27-24(28-25)18-8-6-7-17(13-18)15-26/h4-14H,1-3H3. The van der Waals surface area contributed by atoms with Crippen LogP contribution in [-0.4, -0.2) is 26.8 Å². The largest absolute Gasteiger partial charge is 0.329 e. The Labute approximate surface area is 180 Å². The van der Waals surface area contributed by atoms with Gasteiger partial charge < -0.3 is 4.90 Å². The fraction of sp³-hybridized carbons (Fsp3) is 0.120. The van der Waals surface area contributed by atoms with Gasteiger partial charge in [0.25, 0.3) is 0 Å². The van der Waals surface area contributed by atoms with Crippen molar-refractivity contribution in [2.24, 2.45) is 7.05 Å². The Hall–Kier alpha value is -4.24. The predicted octanol–water partition coefficient (Wildman–Crippen LogP) is 5.13. The van der Waals surface area contributed by atoms with E-state index in [2.05, 4.69) is 41.2 Å². The van der Waals surface area contributed by atoms with E-state index in [1.165, 1.54) is 0 Å². The number of anilines is 2. The Morgan fingerprint density at radius 2 is 1.74 bits per heavy atom. The van der Waals surface area contributed by atoms with Crippen molar-refractivity contribution in [3.05, 3.63) is 78.0 Å². The number of nitriles is 1. The smallest absolute Gasteiger partial charge is 0.162 e. The Kier molecular flexibility index (Phi) is 4.37. The van der Waals surface area contributed by atoms with Crippen molar-refractivity contribution in [3.8, 4) is 17.5 Å². The molecule has 31 heavy (non-hydrogen) atoms. The molecule has 6 heteroatoms. The molecule has 0 bridgehead atoms. The number of benzene rings is 3. The summed E-state index contributed by atoms with van der Waals surface area (Å²) < 4.78 is 1.90. The first-order chi connectivity index (χ1) is 15.0. The van der Waals surface area contributed by atoms with Crippen LogP contribution in [-0.2, 0) is 7.05 Å². The molecule has 0 saturated carbocycles. The van der Waals surface area contributed by atoms with Gasteiger partial charge in [-0.2, -0.15) is 10.4 Å². The zero-order chi connectivity index (χ0) is 21.5. The van der Waals surface area contributed by atoms with Crippen molar-refractivity contribution in [1.82, 2.24) is 19.7 Å². The topological polar surface area (TPSA) is 70.6 Å². The lowest BCUT2D eigenvalue weighted by molar-refractivity contribution is 0.751. The van der Waals surface area contributed by atoms with E-state index in [0.29, 0.717) is 11.4 Å². The Bertz CT molecular complexity index is 1490. The second kappa shape index (κ2) is 7.22. The van der Waals surface area contributed by atoms with Gasteiger partial charge in [-0.1, -0.05) is 24.3 Å². The molecule has 0 N–H and O–H groups in total. The summed E-state index contributed by atoms with van der Waals surface area (Å²) in [5, 5.41) is 16.0. The minimum Gasteiger partial charge on any atom is -0.329 e. The SMILES string of the molecule is Cc1c2ccc(N(C)c3nc(-c4cccc(C#N)c4)nc4ccccc34)cc2nn1C. The van der Waals surface area contributed by atoms with E-state index in [1.54, 1.807) is 6.07 Å². The molecule has 2 heterocycles. The average molecular weight is 404 g/mol. The number of aryl methyl sites for hydroxylation is 2. The first-order valence-electron chi connectivity index (χ1n) is 9.99. The normalized spacial score (nSPS) is 11.0. The van der Waals surface area contributed by atoms with Crippen LogP contribution in [0.1, 0.15) is 11.3 Å². The summed E-state index contributed by atoms with van der Waals surface area (Å²) in [6.07, 6.45) is 0. The van der Waals surface area contributed by atoms with E-state index < -0.39 is 0 Å². The number of aromatic nitrogens is 4. The van der Waals surface area contributed by atoms with Crippen LogP contribution in [0.15, 0.2) is 66.7 Å². The summed E-state index contributed by atoms with van der Waals surface area (Å²) in [5.41, 5.74) is 5.33. The highest BCUT2D eigenvalue weighted by Gasteiger charge is 2.16. The summed E-state index contributed by atoms with van der Waals surface area (Å²) in [6, 6.07) is 23.8. The minimum absolute atomic E-state index is 0.583. The van der Waals surface area contributed by atoms with Crippen LogP contribution < -0.4 is 4.90 Å². The summed E-state index contributed by atoms with van der Waals surface area (Å²) in [5.74, 6) is 1.39. The van der Waals surface area contributed by atoms with Gasteiger partial charge in [0.2, 0.25) is 0 Å². The summed E-state index contributed by atoms with van der Waals surface area (Å²) >= 11 is 0. The van der Waals surface area contributed by atoms with E-state index in [0.717, 1.165) is 44.6 Å². The Balaban J connectivity index is 1.69. The van der Waals surface area contributed by atoms with Crippen LogP contribution in [0.4, 0.5) is 11.5 Å². The van der Waals surface area contributed by atoms with Gasteiger partial charge in [-0.05, 0) is 49.4 Å². The number of rotatable bonds is 3. The predicted molar refractivity (Wildman–Crippen MR) is 123 cm³/mol. The van der Waals surface area contributed by atoms with Gasteiger partial charge in [-0.25, -0.2) is 9.97 Å². The number of para-hydroxylation sites is 1. The first kappa shape index (κ1) is 18.8. The van der Waals surface area contributed by atoms with Gasteiger partial charge in [0.05, 0.1) is 22.7 Å². The molecule has 150 valence electrons. The second-order valence-corrected chi connectivity index (χ2v) is 7.55. The molecule has 6 nitrogen and oxygen atoms in total. The molecule has 0 fully saturated rings. The Morgan fingerprint density at radius 1 is 0.903 bits per heavy atom. The highest BCUT2D eigenvalue weighted by atomic mass is 15.3. The molecule has 0 saturated heterocycles. The van der Waals surface area contributed by atoms with Gasteiger partial charge in [0.15, 0.2) is 5.82 Å². The van der Waals surface area contributed by atoms with E-state index >= 15 is 0 Å². The average Bonchev–Trinajstić information content (AvgIpc) is 3.10. The number of hydrogen-bond donors (Lipinski definition) is 0. The second-order valence-electron chi connectivity index (χ2n) is 7.55. The third-order valence-corrected chi connectivity index (χ3v) is 5.65. The fourth-order valence-electron chi connectivity index (χ4n) is 3.82. The third-order valence-electron chi connectivity index (χ3n) is 5.65. The number of hydrogen-bond acceptors (Lipinski definition) is 5. The molecule has 0 aliphatic carbocycles. The van der Waals surface area contributed by atoms with E-state index in [9.17, 15) is 5.26 Å². The maximum Gasteiger partial charge on any atom is 0.162 e. The van der Waals surface area contributed by atoms with Crippen molar-refractivity contribution in [2.45, 2.75) is 6.92 Å². The lowest BCUT2D eigenvalue weighted by atomic mass is 10.1. The Morgan fingerprint density at radius 3 is 2.58 bits per heavy atom. The number of nitrogens with zero attached hydrogens (tertiary/aromatic N) is 6. The van der Waals surface area contributed by atoms with E-state index in [1.807, 2.05) is 61.2 Å². The zero-order valence-corrected chi connectivity index (χ0v) is 17.5. The monoisotopic (exact) mass is 404 g/mol. The van der Waals surface area contributed by atoms with Gasteiger partial charge in [-0.15, -0.1) is 0 Å². The molecular weight excluding hydrogens is 384 g/mol. The van der Waals surface area contributed by atoms with Gasteiger partial charge >= 0.3 is 0 Å². The van der Waals surface area contributed by atoms with Gasteiger partial charge in [0, 0.05) is 41.8 Å². The summed E-state index contributed by atoms with van der Waals surface area (Å²) in [4.78, 5) is 11.7. The summed E-state index contributed by atoms with van der Waals surface area (Å²) in [7, 11) is 3.96. The van der Waals surface area contributed by atoms with Crippen LogP contribution in [0, 0.1) is 18.3 Å². The lowest BCUT2D eigenvalue weighted by Gasteiger charge is -2.21. The first-order valence-corrected chi connectivity index (χ1v) is 9.99. The van der Waals surface area contributed by atoms with Crippen LogP contribution in [0.2, 0.25) is 0 Å². The van der Waals surface area contributed by atoms with Crippen LogP contribution in [0.5, 0.6) is 0 Å². The molecular formula is C25H20N6. The van der Waals surface area contributed by atoms with Gasteiger partial charge in [0.1, 0.15) is 5.82 Å². The molecule has 0 amide bonds. The molecule has 5 rings (SSSR count). The van der Waals surface area contributed by atoms with E-state index in [-0.39, 0.29) is 0 Å². The van der Waals surface area contributed by atoms with Crippen molar-refractivity contribution in [3.63, 3.8) is 0 Å².